The Hall–Kier alpha value is -0.870. The van der Waals surface area contributed by atoms with Crippen LogP contribution in [-0.2, 0) is 11.2 Å². The molecule has 5 heteroatoms. The second kappa shape index (κ2) is 6.17. The molecule has 0 aromatic carbocycles. The summed E-state index contributed by atoms with van der Waals surface area (Å²) in [5.41, 5.74) is 0. The van der Waals surface area contributed by atoms with E-state index in [9.17, 15) is 0 Å². The quantitative estimate of drug-likeness (QED) is 0.777. The van der Waals surface area contributed by atoms with Gasteiger partial charge in [0.1, 0.15) is 16.8 Å². The highest BCUT2D eigenvalue weighted by atomic mass is 35.5. The molecule has 0 spiro atoms. The van der Waals surface area contributed by atoms with E-state index in [0.717, 1.165) is 57.2 Å². The van der Waals surface area contributed by atoms with Crippen molar-refractivity contribution in [3.05, 3.63) is 17.0 Å². The molecule has 0 radical (unpaired) electrons. The summed E-state index contributed by atoms with van der Waals surface area (Å²) in [7, 11) is 0. The summed E-state index contributed by atoms with van der Waals surface area (Å²) in [6.45, 7) is 5.55. The molecule has 2 heterocycles. The molecule has 1 aromatic rings. The van der Waals surface area contributed by atoms with Gasteiger partial charge in [-0.2, -0.15) is 0 Å². The number of aromatic nitrogens is 2. The Balaban J connectivity index is 2.17. The van der Waals surface area contributed by atoms with Crippen molar-refractivity contribution < 1.29 is 4.74 Å². The van der Waals surface area contributed by atoms with E-state index in [4.69, 9.17) is 16.3 Å². The molecule has 2 rings (SSSR count). The average Bonchev–Trinajstić information content (AvgIpc) is 2.57. The SMILES string of the molecule is CCCc1nc(Cl)cc(N2CCCOCC2)n1. The number of hydrogen-bond donors (Lipinski definition) is 0. The van der Waals surface area contributed by atoms with E-state index in [2.05, 4.69) is 21.8 Å². The fourth-order valence-corrected chi connectivity index (χ4v) is 2.12. The van der Waals surface area contributed by atoms with Crippen LogP contribution >= 0.6 is 11.6 Å². The van der Waals surface area contributed by atoms with Gasteiger partial charge in [0.15, 0.2) is 0 Å². The molecule has 1 aliphatic rings. The van der Waals surface area contributed by atoms with Gasteiger partial charge in [-0.15, -0.1) is 0 Å². The van der Waals surface area contributed by atoms with Crippen LogP contribution in [0.5, 0.6) is 0 Å². The maximum Gasteiger partial charge on any atom is 0.134 e. The van der Waals surface area contributed by atoms with E-state index in [1.165, 1.54) is 0 Å². The molecular weight excluding hydrogens is 238 g/mol. The van der Waals surface area contributed by atoms with E-state index < -0.39 is 0 Å². The summed E-state index contributed by atoms with van der Waals surface area (Å²) in [4.78, 5) is 11.0. The minimum atomic E-state index is 0.531. The van der Waals surface area contributed by atoms with Crippen LogP contribution in [-0.4, -0.2) is 36.3 Å². The van der Waals surface area contributed by atoms with Crippen molar-refractivity contribution in [2.75, 3.05) is 31.2 Å². The number of nitrogens with zero attached hydrogens (tertiary/aromatic N) is 3. The number of aryl methyl sites for hydroxylation is 1. The predicted molar refractivity (Wildman–Crippen MR) is 68.7 cm³/mol. The molecule has 0 unspecified atom stereocenters. The first-order valence-corrected chi connectivity index (χ1v) is 6.53. The highest BCUT2D eigenvalue weighted by Crippen LogP contribution is 2.18. The van der Waals surface area contributed by atoms with Crippen LogP contribution < -0.4 is 4.90 Å². The third kappa shape index (κ3) is 3.54. The lowest BCUT2D eigenvalue weighted by Gasteiger charge is -2.21. The Labute approximate surface area is 107 Å². The standard InChI is InChI=1S/C12H18ClN3O/c1-2-4-11-14-10(13)9-12(15-11)16-5-3-7-17-8-6-16/h9H,2-8H2,1H3. The molecular formula is C12H18ClN3O. The zero-order chi connectivity index (χ0) is 12.1. The second-order valence-electron chi connectivity index (χ2n) is 4.17. The summed E-state index contributed by atoms with van der Waals surface area (Å²) >= 11 is 6.04. The lowest BCUT2D eigenvalue weighted by atomic mass is 10.3. The Morgan fingerprint density at radius 2 is 2.24 bits per heavy atom. The molecule has 1 saturated heterocycles. The van der Waals surface area contributed by atoms with E-state index >= 15 is 0 Å². The van der Waals surface area contributed by atoms with Crippen LogP contribution in [0.3, 0.4) is 0 Å². The number of anilines is 1. The van der Waals surface area contributed by atoms with E-state index in [0.29, 0.717) is 5.15 Å². The highest BCUT2D eigenvalue weighted by molar-refractivity contribution is 6.29. The molecule has 0 amide bonds. The minimum Gasteiger partial charge on any atom is -0.380 e. The summed E-state index contributed by atoms with van der Waals surface area (Å²) in [6, 6.07) is 1.84. The van der Waals surface area contributed by atoms with Crippen molar-refractivity contribution in [1.29, 1.82) is 0 Å². The summed E-state index contributed by atoms with van der Waals surface area (Å²) in [6.07, 6.45) is 2.94. The van der Waals surface area contributed by atoms with E-state index in [1.807, 2.05) is 6.07 Å². The first-order valence-electron chi connectivity index (χ1n) is 6.15. The molecule has 17 heavy (non-hydrogen) atoms. The molecule has 4 nitrogen and oxygen atoms in total. The van der Waals surface area contributed by atoms with Crippen molar-refractivity contribution in [3.8, 4) is 0 Å². The smallest absolute Gasteiger partial charge is 0.134 e. The van der Waals surface area contributed by atoms with Crippen molar-refractivity contribution in [3.63, 3.8) is 0 Å². The molecule has 1 aromatic heterocycles. The van der Waals surface area contributed by atoms with Crippen molar-refractivity contribution >= 4 is 17.4 Å². The van der Waals surface area contributed by atoms with E-state index in [-0.39, 0.29) is 0 Å². The largest absolute Gasteiger partial charge is 0.380 e. The number of halogens is 1. The van der Waals surface area contributed by atoms with Crippen LogP contribution in [0.4, 0.5) is 5.82 Å². The Kier molecular flexibility index (Phi) is 4.57. The van der Waals surface area contributed by atoms with Gasteiger partial charge in [-0.1, -0.05) is 18.5 Å². The van der Waals surface area contributed by atoms with Gasteiger partial charge in [-0.25, -0.2) is 9.97 Å². The van der Waals surface area contributed by atoms with Crippen LogP contribution in [0.1, 0.15) is 25.6 Å². The fraction of sp³-hybridized carbons (Fsp3) is 0.667. The Morgan fingerprint density at radius 3 is 3.06 bits per heavy atom. The zero-order valence-electron chi connectivity index (χ0n) is 10.2. The first kappa shape index (κ1) is 12.6. The third-order valence-corrected chi connectivity index (χ3v) is 2.94. The van der Waals surface area contributed by atoms with Crippen LogP contribution in [0.25, 0.3) is 0 Å². The molecule has 0 saturated carbocycles. The van der Waals surface area contributed by atoms with Gasteiger partial charge in [0, 0.05) is 32.2 Å². The maximum absolute atomic E-state index is 6.04. The first-order chi connectivity index (χ1) is 8.29. The highest BCUT2D eigenvalue weighted by Gasteiger charge is 2.13. The van der Waals surface area contributed by atoms with Gasteiger partial charge < -0.3 is 9.64 Å². The lowest BCUT2D eigenvalue weighted by Crippen LogP contribution is -2.27. The molecule has 0 aliphatic carbocycles. The molecule has 1 aliphatic heterocycles. The Bertz CT molecular complexity index is 365. The van der Waals surface area contributed by atoms with Gasteiger partial charge in [-0.3, -0.25) is 0 Å². The monoisotopic (exact) mass is 255 g/mol. The van der Waals surface area contributed by atoms with Crippen LogP contribution in [0.2, 0.25) is 5.15 Å². The van der Waals surface area contributed by atoms with Crippen molar-refractivity contribution in [1.82, 2.24) is 9.97 Å². The Morgan fingerprint density at radius 1 is 1.35 bits per heavy atom. The third-order valence-electron chi connectivity index (χ3n) is 2.75. The van der Waals surface area contributed by atoms with Gasteiger partial charge >= 0.3 is 0 Å². The average molecular weight is 256 g/mol. The molecule has 0 bridgehead atoms. The normalized spacial score (nSPS) is 16.9. The van der Waals surface area contributed by atoms with Gasteiger partial charge in [0.2, 0.25) is 0 Å². The molecule has 0 N–H and O–H groups in total. The van der Waals surface area contributed by atoms with Crippen LogP contribution in [0, 0.1) is 0 Å². The van der Waals surface area contributed by atoms with Gasteiger partial charge in [-0.05, 0) is 12.8 Å². The fourth-order valence-electron chi connectivity index (χ4n) is 1.92. The predicted octanol–water partition coefficient (Wildman–Crippen LogP) is 2.31. The van der Waals surface area contributed by atoms with Crippen molar-refractivity contribution in [2.45, 2.75) is 26.2 Å². The number of rotatable bonds is 3. The van der Waals surface area contributed by atoms with Gasteiger partial charge in [0.25, 0.3) is 0 Å². The number of hydrogen-bond acceptors (Lipinski definition) is 4. The lowest BCUT2D eigenvalue weighted by molar-refractivity contribution is 0.152. The summed E-state index contributed by atoms with van der Waals surface area (Å²) < 4.78 is 5.44. The topological polar surface area (TPSA) is 38.2 Å². The number of ether oxygens (including phenoxy) is 1. The molecule has 0 atom stereocenters. The van der Waals surface area contributed by atoms with Crippen molar-refractivity contribution in [2.24, 2.45) is 0 Å². The molecule has 94 valence electrons. The molecule has 1 fully saturated rings. The second-order valence-corrected chi connectivity index (χ2v) is 4.56. The zero-order valence-corrected chi connectivity index (χ0v) is 10.9. The minimum absolute atomic E-state index is 0.531. The maximum atomic E-state index is 6.04. The summed E-state index contributed by atoms with van der Waals surface area (Å²) in [5.74, 6) is 1.76. The van der Waals surface area contributed by atoms with Crippen LogP contribution in [0.15, 0.2) is 6.07 Å². The van der Waals surface area contributed by atoms with Gasteiger partial charge in [0.05, 0.1) is 6.61 Å². The van der Waals surface area contributed by atoms with E-state index in [1.54, 1.807) is 0 Å². The summed E-state index contributed by atoms with van der Waals surface area (Å²) in [5, 5.41) is 0.531.